The molecule has 4 nitrogen and oxygen atoms in total. The molecule has 68 valence electrons. The molecule has 1 aromatic rings. The fourth-order valence-corrected chi connectivity index (χ4v) is 1.88. The summed E-state index contributed by atoms with van der Waals surface area (Å²) in [7, 11) is 0. The minimum atomic E-state index is -0.901. The van der Waals surface area contributed by atoms with Crippen molar-refractivity contribution in [2.45, 2.75) is 11.1 Å². The predicted octanol–water partition coefficient (Wildman–Crippen LogP) is 1.12. The number of carboxylic acid groups (broad SMARTS) is 1. The van der Waals surface area contributed by atoms with Crippen LogP contribution in [-0.4, -0.2) is 17.2 Å². The first-order chi connectivity index (χ1) is 6.27. The van der Waals surface area contributed by atoms with Gasteiger partial charge in [-0.2, -0.15) is 0 Å². The van der Waals surface area contributed by atoms with Gasteiger partial charge in [-0.3, -0.25) is 0 Å². The van der Waals surface area contributed by atoms with E-state index >= 15 is 0 Å². The molecule has 1 aromatic carbocycles. The second-order valence-electron chi connectivity index (χ2n) is 2.63. The molecule has 5 heteroatoms. The van der Waals surface area contributed by atoms with Crippen molar-refractivity contribution in [2.24, 2.45) is 0 Å². The van der Waals surface area contributed by atoms with Gasteiger partial charge in [-0.1, -0.05) is 12.1 Å². The van der Waals surface area contributed by atoms with Gasteiger partial charge in [0.2, 0.25) is 0 Å². The molecule has 0 amide bonds. The van der Waals surface area contributed by atoms with Crippen LogP contribution in [0.1, 0.15) is 0 Å². The quantitative estimate of drug-likeness (QED) is 0.587. The molecule has 1 atom stereocenters. The Hall–Kier alpha value is -1.20. The average Bonchev–Trinajstić information content (AvgIpc) is 2.17. The van der Waals surface area contributed by atoms with Crippen molar-refractivity contribution in [1.82, 2.24) is 4.72 Å². The summed E-state index contributed by atoms with van der Waals surface area (Å²) in [4.78, 5) is 11.6. The predicted molar refractivity (Wildman–Crippen MR) is 50.5 cm³/mol. The molecule has 0 aromatic heterocycles. The summed E-state index contributed by atoms with van der Waals surface area (Å²) in [6.07, 6.45) is -0.708. The Kier molecular flexibility index (Phi) is 2.12. The van der Waals surface area contributed by atoms with Gasteiger partial charge in [-0.25, -0.2) is 9.52 Å². The third-order valence-electron chi connectivity index (χ3n) is 1.72. The topological polar surface area (TPSA) is 61.4 Å². The Labute approximate surface area is 79.5 Å². The second kappa shape index (κ2) is 3.27. The van der Waals surface area contributed by atoms with Gasteiger partial charge in [0.15, 0.2) is 6.17 Å². The van der Waals surface area contributed by atoms with Gasteiger partial charge in [-0.15, -0.1) is 0 Å². The summed E-state index contributed by atoms with van der Waals surface area (Å²) in [5.74, 6) is -0.901. The van der Waals surface area contributed by atoms with Crippen molar-refractivity contribution in [3.63, 3.8) is 0 Å². The molecule has 1 aliphatic rings. The molecule has 1 unspecified atom stereocenters. The Morgan fingerprint density at radius 3 is 3.00 bits per heavy atom. The fourth-order valence-electron chi connectivity index (χ4n) is 1.09. The number of carboxylic acids is 1. The number of hydrogen-bond acceptors (Lipinski definition) is 4. The lowest BCUT2D eigenvalue weighted by Gasteiger charge is -2.23. The summed E-state index contributed by atoms with van der Waals surface area (Å²) in [6.45, 7) is 0. The van der Waals surface area contributed by atoms with Crippen molar-refractivity contribution in [3.05, 3.63) is 24.3 Å². The van der Waals surface area contributed by atoms with Crippen LogP contribution in [0.3, 0.4) is 0 Å². The van der Waals surface area contributed by atoms with Crippen molar-refractivity contribution in [2.75, 3.05) is 5.32 Å². The molecular formula is C8H8N2O2S. The summed E-state index contributed by atoms with van der Waals surface area (Å²) < 4.78 is 2.78. The molecule has 0 saturated carbocycles. The number of carbonyl (C=O) groups is 1. The lowest BCUT2D eigenvalue weighted by molar-refractivity contribution is -0.138. The first-order valence-corrected chi connectivity index (χ1v) is 4.60. The number of para-hydroxylation sites is 1. The van der Waals surface area contributed by atoms with E-state index in [9.17, 15) is 4.79 Å². The van der Waals surface area contributed by atoms with Crippen LogP contribution >= 0.6 is 11.9 Å². The van der Waals surface area contributed by atoms with Crippen LogP contribution in [0.2, 0.25) is 0 Å². The van der Waals surface area contributed by atoms with E-state index in [0.717, 1.165) is 10.6 Å². The minimum absolute atomic E-state index is 0.708. The van der Waals surface area contributed by atoms with E-state index in [-0.39, 0.29) is 0 Å². The molecule has 13 heavy (non-hydrogen) atoms. The van der Waals surface area contributed by atoms with Gasteiger partial charge in [-0.05, 0) is 24.1 Å². The van der Waals surface area contributed by atoms with E-state index in [4.69, 9.17) is 5.11 Å². The summed E-state index contributed by atoms with van der Waals surface area (Å²) in [5.41, 5.74) is 0.860. The van der Waals surface area contributed by atoms with Crippen molar-refractivity contribution in [3.8, 4) is 0 Å². The maximum Gasteiger partial charge on any atom is 0.342 e. The molecule has 0 saturated heterocycles. The molecule has 0 fully saturated rings. The minimum Gasteiger partial charge on any atom is -0.479 e. The Morgan fingerprint density at radius 1 is 1.46 bits per heavy atom. The fraction of sp³-hybridized carbons (Fsp3) is 0.125. The smallest absolute Gasteiger partial charge is 0.342 e. The summed E-state index contributed by atoms with van der Waals surface area (Å²) in [5, 5.41) is 11.6. The van der Waals surface area contributed by atoms with Crippen LogP contribution in [0.4, 0.5) is 5.69 Å². The van der Waals surface area contributed by atoms with E-state index < -0.39 is 12.1 Å². The van der Waals surface area contributed by atoms with Crippen LogP contribution in [0.5, 0.6) is 0 Å². The third kappa shape index (κ3) is 1.61. The van der Waals surface area contributed by atoms with Crippen LogP contribution in [0.15, 0.2) is 29.2 Å². The largest absolute Gasteiger partial charge is 0.479 e. The van der Waals surface area contributed by atoms with Gasteiger partial charge in [0.1, 0.15) is 0 Å². The Morgan fingerprint density at radius 2 is 2.23 bits per heavy atom. The highest BCUT2D eigenvalue weighted by Gasteiger charge is 2.22. The molecule has 0 bridgehead atoms. The zero-order valence-corrected chi connectivity index (χ0v) is 7.47. The number of aliphatic carboxylic acids is 1. The van der Waals surface area contributed by atoms with E-state index in [1.54, 1.807) is 0 Å². The van der Waals surface area contributed by atoms with Gasteiger partial charge in [0.25, 0.3) is 0 Å². The van der Waals surface area contributed by atoms with Crippen molar-refractivity contribution < 1.29 is 9.90 Å². The molecule has 0 spiro atoms. The standard InChI is InChI=1S/C8H8N2O2S/c11-8(12)7-9-5-3-1-2-4-6(5)13-10-7/h1-4,7,9-10H,(H,11,12). The first-order valence-electron chi connectivity index (χ1n) is 3.78. The van der Waals surface area contributed by atoms with Gasteiger partial charge >= 0.3 is 5.97 Å². The second-order valence-corrected chi connectivity index (χ2v) is 3.51. The Balaban J connectivity index is 2.24. The molecule has 1 aliphatic heterocycles. The molecular weight excluding hydrogens is 188 g/mol. The van der Waals surface area contributed by atoms with Crippen LogP contribution in [-0.2, 0) is 4.79 Å². The van der Waals surface area contributed by atoms with E-state index in [0.29, 0.717) is 0 Å². The van der Waals surface area contributed by atoms with E-state index in [2.05, 4.69) is 10.0 Å². The lowest BCUT2D eigenvalue weighted by Crippen LogP contribution is -2.41. The molecule has 2 rings (SSSR count). The molecule has 0 aliphatic carbocycles. The van der Waals surface area contributed by atoms with Crippen molar-refractivity contribution >= 4 is 23.6 Å². The number of benzene rings is 1. The lowest BCUT2D eigenvalue weighted by atomic mass is 10.3. The number of hydrogen-bond donors (Lipinski definition) is 3. The number of anilines is 1. The maximum absolute atomic E-state index is 10.6. The molecule has 0 radical (unpaired) electrons. The average molecular weight is 196 g/mol. The highest BCUT2D eigenvalue weighted by Crippen LogP contribution is 2.29. The van der Waals surface area contributed by atoms with Crippen LogP contribution < -0.4 is 10.0 Å². The van der Waals surface area contributed by atoms with E-state index in [1.807, 2.05) is 24.3 Å². The monoisotopic (exact) mass is 196 g/mol. The number of fused-ring (bicyclic) bond motifs is 1. The van der Waals surface area contributed by atoms with Crippen molar-refractivity contribution in [1.29, 1.82) is 0 Å². The summed E-state index contributed by atoms with van der Waals surface area (Å²) in [6, 6.07) is 7.57. The van der Waals surface area contributed by atoms with E-state index in [1.165, 1.54) is 11.9 Å². The maximum atomic E-state index is 10.6. The van der Waals surface area contributed by atoms with Gasteiger partial charge in [0, 0.05) is 4.90 Å². The van der Waals surface area contributed by atoms with Gasteiger partial charge < -0.3 is 10.4 Å². The third-order valence-corrected chi connectivity index (χ3v) is 2.65. The normalized spacial score (nSPS) is 20.2. The number of nitrogens with one attached hydrogen (secondary N) is 2. The van der Waals surface area contributed by atoms with Crippen LogP contribution in [0, 0.1) is 0 Å². The SMILES string of the molecule is O=C(O)C1NSc2ccccc2N1. The van der Waals surface area contributed by atoms with Gasteiger partial charge in [0.05, 0.1) is 5.69 Å². The summed E-state index contributed by atoms with van der Waals surface area (Å²) >= 11 is 1.33. The zero-order chi connectivity index (χ0) is 9.26. The van der Waals surface area contributed by atoms with Crippen LogP contribution in [0.25, 0.3) is 0 Å². The highest BCUT2D eigenvalue weighted by atomic mass is 32.2. The Bertz CT molecular complexity index is 343. The zero-order valence-electron chi connectivity index (χ0n) is 6.65. The highest BCUT2D eigenvalue weighted by molar-refractivity contribution is 7.97. The molecule has 3 N–H and O–H groups in total. The first kappa shape index (κ1) is 8.40. The molecule has 1 heterocycles. The number of rotatable bonds is 1.